The molecule has 3 rings (SSSR count). The molecule has 0 aromatic heterocycles. The number of ether oxygens (including phenoxy) is 1. The molecular weight excluding hydrogens is 274 g/mol. The second-order valence-corrected chi connectivity index (χ2v) is 6.32. The smallest absolute Gasteiger partial charge is 0.119 e. The van der Waals surface area contributed by atoms with Gasteiger partial charge in [-0.2, -0.15) is 0 Å². The highest BCUT2D eigenvalue weighted by Crippen LogP contribution is 2.31. The topological polar surface area (TPSA) is 27.7 Å². The van der Waals surface area contributed by atoms with Gasteiger partial charge in [0.05, 0.1) is 6.61 Å². The summed E-state index contributed by atoms with van der Waals surface area (Å²) in [5, 5.41) is 3.58. The van der Waals surface area contributed by atoms with Gasteiger partial charge in [-0.3, -0.25) is 4.90 Å². The van der Waals surface area contributed by atoms with E-state index in [1.54, 1.807) is 0 Å². The summed E-state index contributed by atoms with van der Waals surface area (Å²) in [5.74, 6) is 1.01. The van der Waals surface area contributed by atoms with E-state index < -0.39 is 0 Å². The van der Waals surface area contributed by atoms with E-state index in [0.29, 0.717) is 6.04 Å². The van der Waals surface area contributed by atoms with Crippen molar-refractivity contribution >= 4 is 0 Å². The molecule has 1 saturated heterocycles. The maximum absolute atomic E-state index is 5.71. The molecule has 1 atom stereocenters. The number of nitrogens with zero attached hydrogens (tertiary/aromatic N) is 2. The van der Waals surface area contributed by atoms with Crippen LogP contribution < -0.4 is 10.1 Å². The lowest BCUT2D eigenvalue weighted by molar-refractivity contribution is 0.0917. The molecule has 122 valence electrons. The Morgan fingerprint density at radius 3 is 2.73 bits per heavy atom. The largest absolute Gasteiger partial charge is 0.494 e. The van der Waals surface area contributed by atoms with Gasteiger partial charge in [-0.25, -0.2) is 0 Å². The second kappa shape index (κ2) is 7.44. The molecule has 1 aromatic carbocycles. The molecule has 0 saturated carbocycles. The SMILES string of the molecule is CCCN1CCN([C@H]2CNCc3ccc(OCC)cc32)CC1. The molecule has 0 unspecified atom stereocenters. The molecule has 0 amide bonds. The van der Waals surface area contributed by atoms with Gasteiger partial charge in [-0.05, 0) is 43.1 Å². The number of nitrogens with one attached hydrogen (secondary N) is 1. The maximum Gasteiger partial charge on any atom is 0.119 e. The molecule has 0 radical (unpaired) electrons. The van der Waals surface area contributed by atoms with E-state index in [2.05, 4.69) is 40.2 Å². The van der Waals surface area contributed by atoms with Gasteiger partial charge < -0.3 is 15.0 Å². The Balaban J connectivity index is 1.72. The minimum absolute atomic E-state index is 0.493. The van der Waals surface area contributed by atoms with E-state index in [-0.39, 0.29) is 0 Å². The molecule has 2 aliphatic rings. The Labute approximate surface area is 134 Å². The predicted molar refractivity (Wildman–Crippen MR) is 90.4 cm³/mol. The summed E-state index contributed by atoms with van der Waals surface area (Å²) in [5.41, 5.74) is 2.89. The van der Waals surface area contributed by atoms with Gasteiger partial charge in [0.1, 0.15) is 5.75 Å². The van der Waals surface area contributed by atoms with Crippen LogP contribution in [0.15, 0.2) is 18.2 Å². The van der Waals surface area contributed by atoms with Crippen LogP contribution in [0.2, 0.25) is 0 Å². The summed E-state index contributed by atoms with van der Waals surface area (Å²) >= 11 is 0. The molecular formula is C18H29N3O. The van der Waals surface area contributed by atoms with Crippen molar-refractivity contribution in [2.75, 3.05) is 45.9 Å². The lowest BCUT2D eigenvalue weighted by Crippen LogP contribution is -2.50. The molecule has 4 nitrogen and oxygen atoms in total. The molecule has 2 heterocycles. The van der Waals surface area contributed by atoms with E-state index in [0.717, 1.165) is 25.4 Å². The van der Waals surface area contributed by atoms with E-state index in [1.807, 2.05) is 6.92 Å². The highest BCUT2D eigenvalue weighted by molar-refractivity contribution is 5.39. The maximum atomic E-state index is 5.71. The van der Waals surface area contributed by atoms with Gasteiger partial charge in [0.2, 0.25) is 0 Å². The zero-order valence-electron chi connectivity index (χ0n) is 14.0. The molecule has 22 heavy (non-hydrogen) atoms. The van der Waals surface area contributed by atoms with Gasteiger partial charge in [-0.15, -0.1) is 0 Å². The van der Waals surface area contributed by atoms with Crippen LogP contribution in [0.3, 0.4) is 0 Å². The summed E-state index contributed by atoms with van der Waals surface area (Å²) in [6, 6.07) is 7.09. The molecule has 1 aromatic rings. The molecule has 1 fully saturated rings. The number of hydrogen-bond donors (Lipinski definition) is 1. The van der Waals surface area contributed by atoms with Crippen molar-refractivity contribution < 1.29 is 4.74 Å². The van der Waals surface area contributed by atoms with Crippen LogP contribution in [0.4, 0.5) is 0 Å². The molecule has 4 heteroatoms. The van der Waals surface area contributed by atoms with Crippen LogP contribution >= 0.6 is 0 Å². The fourth-order valence-corrected chi connectivity index (χ4v) is 3.69. The quantitative estimate of drug-likeness (QED) is 0.903. The summed E-state index contributed by atoms with van der Waals surface area (Å²) in [6.45, 7) is 13.1. The predicted octanol–water partition coefficient (Wildman–Crippen LogP) is 2.26. The van der Waals surface area contributed by atoms with Crippen molar-refractivity contribution in [3.8, 4) is 5.75 Å². The summed E-state index contributed by atoms with van der Waals surface area (Å²) in [7, 11) is 0. The van der Waals surface area contributed by atoms with E-state index in [4.69, 9.17) is 4.74 Å². The van der Waals surface area contributed by atoms with Crippen LogP contribution in [0, 0.1) is 0 Å². The van der Waals surface area contributed by atoms with Crippen molar-refractivity contribution in [1.82, 2.24) is 15.1 Å². The third kappa shape index (κ3) is 3.45. The lowest BCUT2D eigenvalue weighted by Gasteiger charge is -2.41. The number of rotatable bonds is 5. The number of hydrogen-bond acceptors (Lipinski definition) is 4. The lowest BCUT2D eigenvalue weighted by atomic mass is 9.94. The first kappa shape index (κ1) is 15.8. The van der Waals surface area contributed by atoms with Crippen LogP contribution in [-0.4, -0.2) is 55.7 Å². The van der Waals surface area contributed by atoms with Gasteiger partial charge in [0.15, 0.2) is 0 Å². The van der Waals surface area contributed by atoms with Crippen LogP contribution in [0.1, 0.15) is 37.4 Å². The minimum Gasteiger partial charge on any atom is -0.494 e. The first-order valence-corrected chi connectivity index (χ1v) is 8.74. The first-order valence-electron chi connectivity index (χ1n) is 8.74. The summed E-state index contributed by atoms with van der Waals surface area (Å²) in [6.07, 6.45) is 1.26. The van der Waals surface area contributed by atoms with Crippen molar-refractivity contribution in [2.45, 2.75) is 32.9 Å². The van der Waals surface area contributed by atoms with Crippen LogP contribution in [-0.2, 0) is 6.54 Å². The fourth-order valence-electron chi connectivity index (χ4n) is 3.69. The Kier molecular flexibility index (Phi) is 5.34. The average Bonchev–Trinajstić information content (AvgIpc) is 2.56. The molecule has 0 bridgehead atoms. The third-order valence-electron chi connectivity index (χ3n) is 4.83. The van der Waals surface area contributed by atoms with Gasteiger partial charge in [0.25, 0.3) is 0 Å². The average molecular weight is 303 g/mol. The highest BCUT2D eigenvalue weighted by Gasteiger charge is 2.28. The van der Waals surface area contributed by atoms with E-state index >= 15 is 0 Å². The van der Waals surface area contributed by atoms with Crippen molar-refractivity contribution in [1.29, 1.82) is 0 Å². The number of fused-ring (bicyclic) bond motifs is 1. The van der Waals surface area contributed by atoms with Crippen LogP contribution in [0.25, 0.3) is 0 Å². The normalized spacial score (nSPS) is 23.3. The second-order valence-electron chi connectivity index (χ2n) is 6.32. The molecule has 0 spiro atoms. The van der Waals surface area contributed by atoms with Gasteiger partial charge >= 0.3 is 0 Å². The standard InChI is InChI=1S/C18H29N3O/c1-3-7-20-8-10-21(11-9-20)18-14-19-13-15-5-6-16(22-4-2)12-17(15)18/h5-6,12,18-19H,3-4,7-11,13-14H2,1-2H3/t18-/m0/s1. The zero-order valence-corrected chi connectivity index (χ0v) is 14.0. The summed E-state index contributed by atoms with van der Waals surface area (Å²) < 4.78 is 5.71. The molecule has 2 aliphatic heterocycles. The van der Waals surface area contributed by atoms with Crippen molar-refractivity contribution in [3.63, 3.8) is 0 Å². The van der Waals surface area contributed by atoms with Gasteiger partial charge in [-0.1, -0.05) is 13.0 Å². The minimum atomic E-state index is 0.493. The number of piperazine rings is 1. The number of benzene rings is 1. The Hall–Kier alpha value is -1.10. The monoisotopic (exact) mass is 303 g/mol. The summed E-state index contributed by atoms with van der Waals surface area (Å²) in [4.78, 5) is 5.23. The Bertz CT molecular complexity index is 483. The van der Waals surface area contributed by atoms with Crippen molar-refractivity contribution in [2.24, 2.45) is 0 Å². The Morgan fingerprint density at radius 2 is 2.00 bits per heavy atom. The van der Waals surface area contributed by atoms with Gasteiger partial charge in [0, 0.05) is 45.3 Å². The zero-order chi connectivity index (χ0) is 15.4. The van der Waals surface area contributed by atoms with Crippen molar-refractivity contribution in [3.05, 3.63) is 29.3 Å². The first-order chi connectivity index (χ1) is 10.8. The third-order valence-corrected chi connectivity index (χ3v) is 4.83. The van der Waals surface area contributed by atoms with Crippen LogP contribution in [0.5, 0.6) is 5.75 Å². The molecule has 1 N–H and O–H groups in total. The fraction of sp³-hybridized carbons (Fsp3) is 0.667. The Morgan fingerprint density at radius 1 is 1.18 bits per heavy atom. The van der Waals surface area contributed by atoms with E-state index in [1.165, 1.54) is 50.3 Å². The van der Waals surface area contributed by atoms with E-state index in [9.17, 15) is 0 Å². The highest BCUT2D eigenvalue weighted by atomic mass is 16.5. The molecule has 0 aliphatic carbocycles.